The van der Waals surface area contributed by atoms with Crippen LogP contribution in [0, 0.1) is 5.41 Å². The normalized spacial score (nSPS) is 14.4. The molecule has 0 aliphatic carbocycles. The molecular weight excluding hydrogens is 333 g/mol. The van der Waals surface area contributed by atoms with E-state index in [2.05, 4.69) is 9.97 Å². The molecule has 108 valence electrons. The van der Waals surface area contributed by atoms with Crippen LogP contribution in [0.3, 0.4) is 0 Å². The number of halogens is 3. The third-order valence-electron chi connectivity index (χ3n) is 3.19. The van der Waals surface area contributed by atoms with Gasteiger partial charge in [0.05, 0.1) is 28.0 Å². The highest BCUT2D eigenvalue weighted by atomic mass is 35.5. The third-order valence-corrected chi connectivity index (χ3v) is 3.98. The van der Waals surface area contributed by atoms with Crippen molar-refractivity contribution in [1.82, 2.24) is 9.97 Å². The van der Waals surface area contributed by atoms with Crippen LogP contribution in [0.15, 0.2) is 24.4 Å². The molecule has 0 radical (unpaired) electrons. The van der Waals surface area contributed by atoms with Crippen LogP contribution in [-0.4, -0.2) is 29.5 Å². The van der Waals surface area contributed by atoms with E-state index in [9.17, 15) is 0 Å². The summed E-state index contributed by atoms with van der Waals surface area (Å²) in [6.07, 6.45) is 1.53. The number of rotatable bonds is 1. The number of nitrogens with zero attached hydrogens (tertiary/aromatic N) is 4. The monoisotopic (exact) mass is 341 g/mol. The van der Waals surface area contributed by atoms with Gasteiger partial charge < -0.3 is 9.80 Å². The highest BCUT2D eigenvalue weighted by Crippen LogP contribution is 2.37. The SMILES string of the molecule is CN1CN(c2c(Cl)cccc2Cl)C(=N)c2cnc(Cl)nc21. The van der Waals surface area contributed by atoms with E-state index >= 15 is 0 Å². The zero-order chi connectivity index (χ0) is 15.1. The van der Waals surface area contributed by atoms with Crippen molar-refractivity contribution >= 4 is 52.1 Å². The smallest absolute Gasteiger partial charge is 0.224 e. The predicted octanol–water partition coefficient (Wildman–Crippen LogP) is 3.68. The van der Waals surface area contributed by atoms with Crippen molar-refractivity contribution in [3.05, 3.63) is 45.3 Å². The van der Waals surface area contributed by atoms with E-state index in [1.165, 1.54) is 6.20 Å². The van der Waals surface area contributed by atoms with Crippen molar-refractivity contribution < 1.29 is 0 Å². The van der Waals surface area contributed by atoms with Crippen LogP contribution < -0.4 is 9.80 Å². The number of amidine groups is 1. The average molecular weight is 343 g/mol. The van der Waals surface area contributed by atoms with Crippen molar-refractivity contribution in [2.45, 2.75) is 0 Å². The van der Waals surface area contributed by atoms with E-state index in [-0.39, 0.29) is 11.1 Å². The Hall–Kier alpha value is -1.56. The molecule has 1 aliphatic heterocycles. The van der Waals surface area contributed by atoms with Gasteiger partial charge in [0, 0.05) is 13.2 Å². The largest absolute Gasteiger partial charge is 0.341 e. The second-order valence-corrected chi connectivity index (χ2v) is 5.72. The molecule has 0 spiro atoms. The minimum absolute atomic E-state index is 0.151. The lowest BCUT2D eigenvalue weighted by Crippen LogP contribution is -2.46. The molecule has 1 aromatic carbocycles. The predicted molar refractivity (Wildman–Crippen MR) is 86.1 cm³/mol. The molecule has 5 nitrogen and oxygen atoms in total. The molecule has 0 unspecified atom stereocenters. The Labute approximate surface area is 136 Å². The number of nitrogens with one attached hydrogen (secondary N) is 1. The zero-order valence-corrected chi connectivity index (χ0v) is 13.2. The first-order valence-corrected chi connectivity index (χ1v) is 7.16. The second kappa shape index (κ2) is 5.33. The van der Waals surface area contributed by atoms with Gasteiger partial charge in [0.1, 0.15) is 11.7 Å². The van der Waals surface area contributed by atoms with Gasteiger partial charge in [-0.2, -0.15) is 4.98 Å². The summed E-state index contributed by atoms with van der Waals surface area (Å²) in [6, 6.07) is 5.25. The molecule has 8 heteroatoms. The topological polar surface area (TPSA) is 56.1 Å². The Morgan fingerprint density at radius 1 is 1.19 bits per heavy atom. The highest BCUT2D eigenvalue weighted by Gasteiger charge is 2.29. The summed E-state index contributed by atoms with van der Waals surface area (Å²) in [5, 5.41) is 9.50. The molecule has 2 heterocycles. The minimum atomic E-state index is 0.151. The summed E-state index contributed by atoms with van der Waals surface area (Å²) >= 11 is 18.3. The lowest BCUT2D eigenvalue weighted by molar-refractivity contribution is 0.850. The molecule has 1 N–H and O–H groups in total. The zero-order valence-electron chi connectivity index (χ0n) is 10.9. The number of para-hydroxylation sites is 1. The molecule has 0 bridgehead atoms. The number of hydrogen-bond acceptors (Lipinski definition) is 4. The molecule has 0 saturated heterocycles. The van der Waals surface area contributed by atoms with E-state index in [4.69, 9.17) is 40.2 Å². The van der Waals surface area contributed by atoms with Crippen LogP contribution in [0.4, 0.5) is 11.5 Å². The van der Waals surface area contributed by atoms with Gasteiger partial charge in [-0.15, -0.1) is 0 Å². The Morgan fingerprint density at radius 3 is 2.52 bits per heavy atom. The molecule has 0 fully saturated rings. The summed E-state index contributed by atoms with van der Waals surface area (Å²) in [6.45, 7) is 0.391. The van der Waals surface area contributed by atoms with E-state index in [0.29, 0.717) is 33.8 Å². The van der Waals surface area contributed by atoms with Gasteiger partial charge in [-0.1, -0.05) is 29.3 Å². The Kier molecular flexibility index (Phi) is 3.65. The lowest BCUT2D eigenvalue weighted by atomic mass is 10.2. The fourth-order valence-electron chi connectivity index (χ4n) is 2.23. The molecule has 3 rings (SSSR count). The molecule has 2 aromatic rings. The maximum atomic E-state index is 8.38. The van der Waals surface area contributed by atoms with Crippen LogP contribution in [0.25, 0.3) is 0 Å². The van der Waals surface area contributed by atoms with Crippen molar-refractivity contribution in [2.24, 2.45) is 0 Å². The first kappa shape index (κ1) is 14.4. The van der Waals surface area contributed by atoms with Crippen molar-refractivity contribution in [3.8, 4) is 0 Å². The van der Waals surface area contributed by atoms with E-state index < -0.39 is 0 Å². The van der Waals surface area contributed by atoms with Crippen LogP contribution in [-0.2, 0) is 0 Å². The van der Waals surface area contributed by atoms with Crippen LogP contribution in [0.1, 0.15) is 5.56 Å². The number of anilines is 2. The number of hydrogen-bond donors (Lipinski definition) is 1. The first-order valence-electron chi connectivity index (χ1n) is 6.03. The van der Waals surface area contributed by atoms with E-state index in [0.717, 1.165) is 0 Å². The number of aromatic nitrogens is 2. The van der Waals surface area contributed by atoms with Crippen molar-refractivity contribution in [3.63, 3.8) is 0 Å². The minimum Gasteiger partial charge on any atom is -0.341 e. The quantitative estimate of drug-likeness (QED) is 0.803. The molecule has 1 aliphatic rings. The summed E-state index contributed by atoms with van der Waals surface area (Å²) in [5.74, 6) is 0.842. The maximum Gasteiger partial charge on any atom is 0.224 e. The second-order valence-electron chi connectivity index (χ2n) is 4.56. The summed E-state index contributed by atoms with van der Waals surface area (Å²) in [4.78, 5) is 11.7. The fourth-order valence-corrected chi connectivity index (χ4v) is 2.96. The molecule has 21 heavy (non-hydrogen) atoms. The summed E-state index contributed by atoms with van der Waals surface area (Å²) in [7, 11) is 1.85. The molecule has 0 atom stereocenters. The van der Waals surface area contributed by atoms with Crippen molar-refractivity contribution in [1.29, 1.82) is 5.41 Å². The van der Waals surface area contributed by atoms with Gasteiger partial charge in [-0.3, -0.25) is 5.41 Å². The molecule has 0 saturated carbocycles. The standard InChI is InChI=1S/C13H10Cl3N5/c1-20-6-21(10-8(14)3-2-4-9(10)15)11(17)7-5-18-13(16)19-12(7)20/h2-5,17H,6H2,1H3. The summed E-state index contributed by atoms with van der Waals surface area (Å²) < 4.78 is 0. The number of benzene rings is 1. The summed E-state index contributed by atoms with van der Waals surface area (Å²) in [5.41, 5.74) is 1.17. The average Bonchev–Trinajstić information content (AvgIpc) is 2.44. The van der Waals surface area contributed by atoms with E-state index in [1.54, 1.807) is 23.1 Å². The molecule has 1 aromatic heterocycles. The van der Waals surface area contributed by atoms with Crippen molar-refractivity contribution in [2.75, 3.05) is 23.5 Å². The highest BCUT2D eigenvalue weighted by molar-refractivity contribution is 6.40. The number of fused-ring (bicyclic) bond motifs is 1. The van der Waals surface area contributed by atoms with Gasteiger partial charge in [-0.25, -0.2) is 4.98 Å². The van der Waals surface area contributed by atoms with Crippen LogP contribution >= 0.6 is 34.8 Å². The van der Waals surface area contributed by atoms with Gasteiger partial charge >= 0.3 is 0 Å². The Morgan fingerprint density at radius 2 is 1.86 bits per heavy atom. The van der Waals surface area contributed by atoms with Gasteiger partial charge in [0.15, 0.2) is 0 Å². The Balaban J connectivity index is 2.12. The first-order chi connectivity index (χ1) is 9.99. The van der Waals surface area contributed by atoms with Crippen LogP contribution in [0.5, 0.6) is 0 Å². The third kappa shape index (κ3) is 2.41. The maximum absolute atomic E-state index is 8.38. The van der Waals surface area contributed by atoms with Crippen LogP contribution in [0.2, 0.25) is 15.3 Å². The Bertz CT molecular complexity index is 713. The molecule has 0 amide bonds. The lowest BCUT2D eigenvalue weighted by Gasteiger charge is -2.37. The fraction of sp³-hybridized carbons (Fsp3) is 0.154. The van der Waals surface area contributed by atoms with E-state index in [1.807, 2.05) is 11.9 Å². The molecular formula is C13H10Cl3N5. The van der Waals surface area contributed by atoms with Gasteiger partial charge in [0.25, 0.3) is 0 Å². The van der Waals surface area contributed by atoms with Gasteiger partial charge in [0.2, 0.25) is 5.28 Å². The van der Waals surface area contributed by atoms with Gasteiger partial charge in [-0.05, 0) is 23.7 Å².